The number of halogens is 1. The molecule has 2 aromatic carbocycles. The van der Waals surface area contributed by atoms with Gasteiger partial charge >= 0.3 is 0 Å². The Balaban J connectivity index is 1.58. The highest BCUT2D eigenvalue weighted by Crippen LogP contribution is 2.36. The van der Waals surface area contributed by atoms with E-state index >= 15 is 0 Å². The fourth-order valence-corrected chi connectivity index (χ4v) is 4.34. The van der Waals surface area contributed by atoms with Crippen LogP contribution in [0, 0.1) is 0 Å². The molecule has 3 nitrogen and oxygen atoms in total. The summed E-state index contributed by atoms with van der Waals surface area (Å²) in [4.78, 5) is 14.7. The van der Waals surface area contributed by atoms with Crippen LogP contribution in [0.1, 0.15) is 36.8 Å². The topological polar surface area (TPSA) is 32.3 Å². The van der Waals surface area contributed by atoms with Crippen LogP contribution in [-0.2, 0) is 17.6 Å². The number of rotatable bonds is 6. The summed E-state index contributed by atoms with van der Waals surface area (Å²) >= 11 is 6.41. The van der Waals surface area contributed by atoms with Crippen molar-refractivity contribution in [1.82, 2.24) is 10.2 Å². The van der Waals surface area contributed by atoms with Gasteiger partial charge in [0.05, 0.1) is 6.42 Å². The Bertz CT molecular complexity index is 752. The summed E-state index contributed by atoms with van der Waals surface area (Å²) in [5.74, 6) is 0.120. The minimum atomic E-state index is 0.103. The zero-order valence-electron chi connectivity index (χ0n) is 16.2. The monoisotopic (exact) mass is 384 g/mol. The van der Waals surface area contributed by atoms with Crippen LogP contribution in [-0.4, -0.2) is 36.5 Å². The third-order valence-electron chi connectivity index (χ3n) is 5.91. The van der Waals surface area contributed by atoms with Crippen molar-refractivity contribution in [1.29, 1.82) is 0 Å². The van der Waals surface area contributed by atoms with E-state index in [1.807, 2.05) is 42.5 Å². The molecule has 0 heterocycles. The van der Waals surface area contributed by atoms with Gasteiger partial charge in [-0.3, -0.25) is 4.79 Å². The van der Waals surface area contributed by atoms with Crippen LogP contribution in [0.25, 0.3) is 0 Å². The van der Waals surface area contributed by atoms with Crippen molar-refractivity contribution in [3.63, 3.8) is 0 Å². The van der Waals surface area contributed by atoms with Gasteiger partial charge in [0.25, 0.3) is 0 Å². The number of amides is 1. The fourth-order valence-electron chi connectivity index (χ4n) is 4.14. The lowest BCUT2D eigenvalue weighted by molar-refractivity contribution is -0.121. The van der Waals surface area contributed by atoms with Gasteiger partial charge < -0.3 is 10.2 Å². The first-order valence-electron chi connectivity index (χ1n) is 9.73. The lowest BCUT2D eigenvalue weighted by atomic mass is 9.74. The molecule has 0 atom stereocenters. The minimum Gasteiger partial charge on any atom is -0.353 e. The molecule has 0 spiro atoms. The van der Waals surface area contributed by atoms with Crippen LogP contribution in [0.4, 0.5) is 0 Å². The van der Waals surface area contributed by atoms with E-state index in [9.17, 15) is 4.79 Å². The second-order valence-corrected chi connectivity index (χ2v) is 8.30. The third-order valence-corrected chi connectivity index (χ3v) is 6.28. The quantitative estimate of drug-likeness (QED) is 0.796. The van der Waals surface area contributed by atoms with E-state index in [1.54, 1.807) is 0 Å². The van der Waals surface area contributed by atoms with Crippen molar-refractivity contribution >= 4 is 17.5 Å². The van der Waals surface area contributed by atoms with E-state index in [4.69, 9.17) is 11.6 Å². The molecular weight excluding hydrogens is 356 g/mol. The summed E-state index contributed by atoms with van der Waals surface area (Å²) in [6, 6.07) is 18.3. The Morgan fingerprint density at radius 3 is 2.33 bits per heavy atom. The van der Waals surface area contributed by atoms with Crippen LogP contribution in [0.2, 0.25) is 5.02 Å². The zero-order chi connectivity index (χ0) is 19.3. The highest BCUT2D eigenvalue weighted by molar-refractivity contribution is 6.31. The van der Waals surface area contributed by atoms with E-state index in [0.29, 0.717) is 6.42 Å². The third kappa shape index (κ3) is 5.12. The van der Waals surface area contributed by atoms with Crippen molar-refractivity contribution in [2.45, 2.75) is 50.1 Å². The molecule has 1 aliphatic carbocycles. The van der Waals surface area contributed by atoms with Crippen LogP contribution in [0.3, 0.4) is 0 Å². The molecule has 0 saturated heterocycles. The number of likely N-dealkylation sites (N-methyl/N-ethyl adjacent to an activating group) is 1. The minimum absolute atomic E-state index is 0.103. The molecule has 0 unspecified atom stereocenters. The molecule has 0 radical (unpaired) electrons. The van der Waals surface area contributed by atoms with Gasteiger partial charge in [0, 0.05) is 16.6 Å². The largest absolute Gasteiger partial charge is 0.353 e. The van der Waals surface area contributed by atoms with E-state index in [-0.39, 0.29) is 17.5 Å². The van der Waals surface area contributed by atoms with Crippen LogP contribution in [0.15, 0.2) is 54.6 Å². The van der Waals surface area contributed by atoms with Gasteiger partial charge in [-0.2, -0.15) is 0 Å². The number of nitrogens with zero attached hydrogens (tertiary/aromatic N) is 1. The fraction of sp³-hybridized carbons (Fsp3) is 0.435. The molecule has 1 aliphatic rings. The van der Waals surface area contributed by atoms with Gasteiger partial charge in [-0.15, -0.1) is 0 Å². The molecule has 0 aromatic heterocycles. The van der Waals surface area contributed by atoms with E-state index in [1.165, 1.54) is 5.56 Å². The van der Waals surface area contributed by atoms with Gasteiger partial charge in [-0.25, -0.2) is 0 Å². The summed E-state index contributed by atoms with van der Waals surface area (Å²) in [6.07, 6.45) is 5.52. The first-order chi connectivity index (χ1) is 13.0. The van der Waals surface area contributed by atoms with E-state index in [2.05, 4.69) is 36.4 Å². The molecule has 1 amide bonds. The molecule has 2 aromatic rings. The number of nitrogens with one attached hydrogen (secondary N) is 1. The van der Waals surface area contributed by atoms with Crippen molar-refractivity contribution in [3.8, 4) is 0 Å². The second kappa shape index (κ2) is 8.90. The van der Waals surface area contributed by atoms with Gasteiger partial charge in [0.15, 0.2) is 0 Å². The molecule has 1 N–H and O–H groups in total. The molecule has 0 bridgehead atoms. The van der Waals surface area contributed by atoms with Crippen LogP contribution in [0.5, 0.6) is 0 Å². The summed E-state index contributed by atoms with van der Waals surface area (Å²) in [5, 5.41) is 4.08. The van der Waals surface area contributed by atoms with Gasteiger partial charge in [0.2, 0.25) is 5.91 Å². The Labute approximate surface area is 167 Å². The summed E-state index contributed by atoms with van der Waals surface area (Å²) < 4.78 is 0. The Morgan fingerprint density at radius 1 is 1.07 bits per heavy atom. The van der Waals surface area contributed by atoms with Crippen molar-refractivity contribution in [2.24, 2.45) is 0 Å². The maximum atomic E-state index is 12.4. The smallest absolute Gasteiger partial charge is 0.224 e. The molecule has 1 fully saturated rings. The average molecular weight is 385 g/mol. The van der Waals surface area contributed by atoms with Crippen molar-refractivity contribution < 1.29 is 4.79 Å². The van der Waals surface area contributed by atoms with Gasteiger partial charge in [-0.1, -0.05) is 60.1 Å². The predicted molar refractivity (Wildman–Crippen MR) is 112 cm³/mol. The SMILES string of the molecule is CN(C)C1(Cc2ccccc2Cl)CCC(NC(=O)Cc2ccccc2)CC1. The summed E-state index contributed by atoms with van der Waals surface area (Å²) in [5.41, 5.74) is 2.37. The van der Waals surface area contributed by atoms with E-state index < -0.39 is 0 Å². The van der Waals surface area contributed by atoms with E-state index in [0.717, 1.165) is 42.7 Å². The lowest BCUT2D eigenvalue weighted by Crippen LogP contribution is -2.52. The first-order valence-corrected chi connectivity index (χ1v) is 10.1. The molecule has 3 rings (SSSR count). The zero-order valence-corrected chi connectivity index (χ0v) is 17.0. The molecule has 144 valence electrons. The first kappa shape index (κ1) is 19.9. The molecule has 1 saturated carbocycles. The van der Waals surface area contributed by atoms with Crippen molar-refractivity contribution in [2.75, 3.05) is 14.1 Å². The predicted octanol–water partition coefficient (Wildman–Crippen LogP) is 4.48. The second-order valence-electron chi connectivity index (χ2n) is 7.89. The highest BCUT2D eigenvalue weighted by atomic mass is 35.5. The normalized spacial score (nSPS) is 22.6. The highest BCUT2D eigenvalue weighted by Gasteiger charge is 2.38. The van der Waals surface area contributed by atoms with Gasteiger partial charge in [-0.05, 0) is 63.4 Å². The number of hydrogen-bond donors (Lipinski definition) is 1. The van der Waals surface area contributed by atoms with Crippen molar-refractivity contribution in [3.05, 3.63) is 70.7 Å². The van der Waals surface area contributed by atoms with Crippen LogP contribution >= 0.6 is 11.6 Å². The maximum absolute atomic E-state index is 12.4. The Hall–Kier alpha value is -1.84. The lowest BCUT2D eigenvalue weighted by Gasteiger charge is -2.45. The number of carbonyl (C=O) groups is 1. The van der Waals surface area contributed by atoms with Gasteiger partial charge in [0.1, 0.15) is 0 Å². The Morgan fingerprint density at radius 2 is 1.70 bits per heavy atom. The summed E-state index contributed by atoms with van der Waals surface area (Å²) in [7, 11) is 4.32. The average Bonchev–Trinajstić information content (AvgIpc) is 2.66. The molecule has 0 aliphatic heterocycles. The molecular formula is C23H29ClN2O. The molecule has 4 heteroatoms. The number of hydrogen-bond acceptors (Lipinski definition) is 2. The Kier molecular flexibility index (Phi) is 6.56. The summed E-state index contributed by atoms with van der Waals surface area (Å²) in [6.45, 7) is 0. The number of benzene rings is 2. The number of carbonyl (C=O) groups excluding carboxylic acids is 1. The molecule has 27 heavy (non-hydrogen) atoms. The standard InChI is InChI=1S/C23H29ClN2O/c1-26(2)23(17-19-10-6-7-11-21(19)24)14-12-20(13-15-23)25-22(27)16-18-8-4-3-5-9-18/h3-11,20H,12-17H2,1-2H3,(H,25,27). The van der Waals surface area contributed by atoms with Crippen LogP contribution < -0.4 is 5.32 Å². The maximum Gasteiger partial charge on any atom is 0.224 e.